The first-order chi connectivity index (χ1) is 5.85. The van der Waals surface area contributed by atoms with Crippen LogP contribution in [0.4, 0.5) is 0 Å². The molecule has 0 unspecified atom stereocenters. The third kappa shape index (κ3) is 6.13. The van der Waals surface area contributed by atoms with Crippen LogP contribution in [0.3, 0.4) is 0 Å². The minimum absolute atomic E-state index is 0.217. The van der Waals surface area contributed by atoms with Gasteiger partial charge in [0.1, 0.15) is 0 Å². The van der Waals surface area contributed by atoms with Gasteiger partial charge in [-0.2, -0.15) is 0 Å². The van der Waals surface area contributed by atoms with Crippen molar-refractivity contribution in [3.63, 3.8) is 0 Å². The minimum atomic E-state index is 0.217. The number of hydrogen-bond acceptors (Lipinski definition) is 2. The van der Waals surface area contributed by atoms with Crippen molar-refractivity contribution in [2.45, 2.75) is 20.3 Å². The average molecular weight is 169 g/mol. The summed E-state index contributed by atoms with van der Waals surface area (Å²) in [5, 5.41) is 11.6. The fourth-order valence-corrected chi connectivity index (χ4v) is 0.975. The number of nitrogens with one attached hydrogen (secondary N) is 1. The van der Waals surface area contributed by atoms with Crippen LogP contribution in [-0.2, 0) is 0 Å². The lowest BCUT2D eigenvalue weighted by Gasteiger charge is -2.02. The lowest BCUT2D eigenvalue weighted by Crippen LogP contribution is -2.19. The Bertz CT molecular complexity index is 150. The normalized spacial score (nSPS) is 12.8. The summed E-state index contributed by atoms with van der Waals surface area (Å²) in [6.45, 7) is 5.90. The van der Waals surface area contributed by atoms with Gasteiger partial charge < -0.3 is 10.4 Å². The molecule has 12 heavy (non-hydrogen) atoms. The van der Waals surface area contributed by atoms with E-state index in [9.17, 15) is 0 Å². The summed E-state index contributed by atoms with van der Waals surface area (Å²) < 4.78 is 0. The van der Waals surface area contributed by atoms with Crippen molar-refractivity contribution in [2.75, 3.05) is 19.7 Å². The molecular weight excluding hydrogens is 150 g/mol. The van der Waals surface area contributed by atoms with Crippen LogP contribution in [0.2, 0.25) is 0 Å². The molecule has 0 aliphatic rings. The second-order valence-corrected chi connectivity index (χ2v) is 2.59. The van der Waals surface area contributed by atoms with Gasteiger partial charge in [-0.1, -0.05) is 23.8 Å². The van der Waals surface area contributed by atoms with Gasteiger partial charge in [0.15, 0.2) is 0 Å². The quantitative estimate of drug-likeness (QED) is 0.466. The molecular formula is C10H19NO. The Morgan fingerprint density at radius 3 is 2.58 bits per heavy atom. The summed E-state index contributed by atoms with van der Waals surface area (Å²) >= 11 is 0. The second-order valence-electron chi connectivity index (χ2n) is 2.59. The van der Waals surface area contributed by atoms with E-state index in [1.807, 2.05) is 19.9 Å². The summed E-state index contributed by atoms with van der Waals surface area (Å²) in [5.41, 5.74) is 1.34. The highest BCUT2D eigenvalue weighted by molar-refractivity contribution is 5.17. The molecule has 70 valence electrons. The molecule has 0 heterocycles. The molecule has 0 saturated carbocycles. The van der Waals surface area contributed by atoms with Crippen LogP contribution in [0.5, 0.6) is 0 Å². The van der Waals surface area contributed by atoms with Crippen molar-refractivity contribution < 1.29 is 5.11 Å². The van der Waals surface area contributed by atoms with E-state index < -0.39 is 0 Å². The Morgan fingerprint density at radius 2 is 2.08 bits per heavy atom. The molecule has 0 aromatic heterocycles. The van der Waals surface area contributed by atoms with Gasteiger partial charge in [-0.15, -0.1) is 0 Å². The predicted octanol–water partition coefficient (Wildman–Crippen LogP) is 1.48. The highest BCUT2D eigenvalue weighted by Crippen LogP contribution is 2.01. The molecule has 0 rings (SSSR count). The third-order valence-corrected chi connectivity index (χ3v) is 1.63. The molecule has 0 radical (unpaired) electrons. The molecule has 0 fully saturated rings. The largest absolute Gasteiger partial charge is 0.395 e. The van der Waals surface area contributed by atoms with E-state index in [2.05, 4.69) is 17.5 Å². The van der Waals surface area contributed by atoms with E-state index in [-0.39, 0.29) is 6.61 Å². The van der Waals surface area contributed by atoms with E-state index in [0.717, 1.165) is 13.0 Å². The maximum atomic E-state index is 8.50. The van der Waals surface area contributed by atoms with E-state index in [0.29, 0.717) is 6.54 Å². The molecule has 0 amide bonds. The van der Waals surface area contributed by atoms with E-state index >= 15 is 0 Å². The number of rotatable bonds is 6. The fraction of sp³-hybridized carbons (Fsp3) is 0.600. The van der Waals surface area contributed by atoms with Gasteiger partial charge in [-0.05, 0) is 26.8 Å². The summed E-state index contributed by atoms with van der Waals surface area (Å²) in [6, 6.07) is 0. The molecule has 0 spiro atoms. The molecule has 0 saturated heterocycles. The van der Waals surface area contributed by atoms with Gasteiger partial charge >= 0.3 is 0 Å². The first-order valence-corrected chi connectivity index (χ1v) is 4.44. The molecule has 0 atom stereocenters. The Hall–Kier alpha value is -0.600. The Labute approximate surface area is 75.0 Å². The van der Waals surface area contributed by atoms with Crippen molar-refractivity contribution in [1.29, 1.82) is 0 Å². The number of hydrogen-bond donors (Lipinski definition) is 2. The zero-order valence-corrected chi connectivity index (χ0v) is 8.01. The predicted molar refractivity (Wildman–Crippen MR) is 53.1 cm³/mol. The zero-order valence-electron chi connectivity index (χ0n) is 8.01. The van der Waals surface area contributed by atoms with Crippen LogP contribution >= 0.6 is 0 Å². The first kappa shape index (κ1) is 11.4. The summed E-state index contributed by atoms with van der Waals surface area (Å²) in [5.74, 6) is 0. The minimum Gasteiger partial charge on any atom is -0.395 e. The van der Waals surface area contributed by atoms with Gasteiger partial charge in [-0.25, -0.2) is 0 Å². The monoisotopic (exact) mass is 169 g/mol. The second kappa shape index (κ2) is 8.50. The lowest BCUT2D eigenvalue weighted by atomic mass is 10.1. The summed E-state index contributed by atoms with van der Waals surface area (Å²) in [4.78, 5) is 0. The Balaban J connectivity index is 3.46. The van der Waals surface area contributed by atoms with Crippen molar-refractivity contribution in [1.82, 2.24) is 5.32 Å². The number of aliphatic hydroxyl groups excluding tert-OH is 1. The average Bonchev–Trinajstić information content (AvgIpc) is 2.10. The van der Waals surface area contributed by atoms with Crippen LogP contribution in [0.25, 0.3) is 0 Å². The molecule has 0 aromatic rings. The molecule has 0 bridgehead atoms. The van der Waals surface area contributed by atoms with Gasteiger partial charge in [0.2, 0.25) is 0 Å². The standard InChI is InChI=1S/C10H19NO/c1-3-5-10(4-2)6-7-11-8-9-12/h3-5,11-12H,6-9H2,1-2H3/b5-3-,10-4+. The van der Waals surface area contributed by atoms with Gasteiger partial charge in [0.25, 0.3) is 0 Å². The maximum Gasteiger partial charge on any atom is 0.0555 e. The van der Waals surface area contributed by atoms with Crippen LogP contribution in [-0.4, -0.2) is 24.8 Å². The Kier molecular flexibility index (Phi) is 8.07. The maximum absolute atomic E-state index is 8.50. The number of aliphatic hydroxyl groups is 1. The first-order valence-electron chi connectivity index (χ1n) is 4.44. The molecule has 2 nitrogen and oxygen atoms in total. The van der Waals surface area contributed by atoms with Crippen molar-refractivity contribution in [2.24, 2.45) is 0 Å². The lowest BCUT2D eigenvalue weighted by molar-refractivity contribution is 0.293. The fourth-order valence-electron chi connectivity index (χ4n) is 0.975. The zero-order chi connectivity index (χ0) is 9.23. The highest BCUT2D eigenvalue weighted by Gasteiger charge is 1.89. The summed E-state index contributed by atoms with van der Waals surface area (Å²) in [6.07, 6.45) is 7.30. The topological polar surface area (TPSA) is 32.3 Å². The molecule has 2 heteroatoms. The van der Waals surface area contributed by atoms with Crippen molar-refractivity contribution in [3.05, 3.63) is 23.8 Å². The summed E-state index contributed by atoms with van der Waals surface area (Å²) in [7, 11) is 0. The Morgan fingerprint density at radius 1 is 1.33 bits per heavy atom. The van der Waals surface area contributed by atoms with Crippen LogP contribution in [0.1, 0.15) is 20.3 Å². The van der Waals surface area contributed by atoms with Crippen molar-refractivity contribution in [3.8, 4) is 0 Å². The van der Waals surface area contributed by atoms with E-state index in [1.54, 1.807) is 0 Å². The molecule has 0 aliphatic carbocycles. The van der Waals surface area contributed by atoms with Gasteiger partial charge in [0, 0.05) is 6.54 Å². The van der Waals surface area contributed by atoms with Gasteiger partial charge in [-0.3, -0.25) is 0 Å². The SMILES string of the molecule is C/C=C\C(=C/C)CCNCCO. The van der Waals surface area contributed by atoms with Crippen LogP contribution in [0, 0.1) is 0 Å². The number of allylic oxidation sites excluding steroid dienone is 3. The van der Waals surface area contributed by atoms with Gasteiger partial charge in [0.05, 0.1) is 6.61 Å². The van der Waals surface area contributed by atoms with E-state index in [1.165, 1.54) is 5.57 Å². The smallest absolute Gasteiger partial charge is 0.0555 e. The van der Waals surface area contributed by atoms with Crippen molar-refractivity contribution >= 4 is 0 Å². The van der Waals surface area contributed by atoms with Crippen LogP contribution in [0.15, 0.2) is 23.8 Å². The molecule has 0 aliphatic heterocycles. The van der Waals surface area contributed by atoms with E-state index in [4.69, 9.17) is 5.11 Å². The van der Waals surface area contributed by atoms with Crippen LogP contribution < -0.4 is 5.32 Å². The molecule has 0 aromatic carbocycles. The third-order valence-electron chi connectivity index (χ3n) is 1.63. The molecule has 2 N–H and O–H groups in total. The highest BCUT2D eigenvalue weighted by atomic mass is 16.3.